The summed E-state index contributed by atoms with van der Waals surface area (Å²) in [5, 5.41) is 12.6. The monoisotopic (exact) mass is 329 g/mol. The molecule has 0 saturated heterocycles. The van der Waals surface area contributed by atoms with Crippen LogP contribution in [0.1, 0.15) is 10.4 Å². The van der Waals surface area contributed by atoms with Crippen molar-refractivity contribution in [3.05, 3.63) is 60.4 Å². The Hall–Kier alpha value is -2.37. The van der Waals surface area contributed by atoms with Crippen molar-refractivity contribution in [3.8, 4) is 0 Å². The second-order valence-electron chi connectivity index (χ2n) is 5.14. The van der Waals surface area contributed by atoms with Crippen LogP contribution in [0.15, 0.2) is 54.9 Å². The molecule has 5 nitrogen and oxygen atoms in total. The zero-order valence-electron chi connectivity index (χ0n) is 12.3. The largest absolute Gasteiger partial charge is 0.390 e. The molecule has 0 saturated carbocycles. The molecule has 0 spiro atoms. The Kier molecular flexibility index (Phi) is 4.60. The Morgan fingerprint density at radius 2 is 1.96 bits per heavy atom. The lowest BCUT2D eigenvalue weighted by Gasteiger charge is -2.13. The van der Waals surface area contributed by atoms with Crippen LogP contribution in [0.5, 0.6) is 0 Å². The molecule has 0 amide bonds. The maximum atomic E-state index is 12.9. The number of carbonyl (C=O) groups is 1. The van der Waals surface area contributed by atoms with Crippen molar-refractivity contribution < 1.29 is 9.90 Å². The molecule has 0 aliphatic carbocycles. The molecule has 1 unspecified atom stereocenters. The molecule has 0 aliphatic heterocycles. The van der Waals surface area contributed by atoms with Gasteiger partial charge in [0.05, 0.1) is 28.6 Å². The molecule has 0 fully saturated rings. The van der Waals surface area contributed by atoms with E-state index in [1.165, 1.54) is 10.9 Å². The van der Waals surface area contributed by atoms with E-state index in [2.05, 4.69) is 10.3 Å². The van der Waals surface area contributed by atoms with Crippen LogP contribution >= 0.6 is 11.6 Å². The van der Waals surface area contributed by atoms with Crippen LogP contribution in [0.2, 0.25) is 0 Å². The lowest BCUT2D eigenvalue weighted by atomic mass is 10.1. The maximum absolute atomic E-state index is 12.9. The van der Waals surface area contributed by atoms with Crippen LogP contribution in [0.25, 0.3) is 11.0 Å². The SMILES string of the molecule is O=C(c1ccccc1NCC(O)CCl)n1cnc2ccccc21. The molecule has 6 heteroatoms. The maximum Gasteiger partial charge on any atom is 0.265 e. The second kappa shape index (κ2) is 6.81. The highest BCUT2D eigenvalue weighted by atomic mass is 35.5. The first-order valence-electron chi connectivity index (χ1n) is 7.24. The molecule has 2 aromatic carbocycles. The third-order valence-electron chi connectivity index (χ3n) is 3.54. The van der Waals surface area contributed by atoms with E-state index >= 15 is 0 Å². The van der Waals surface area contributed by atoms with Gasteiger partial charge >= 0.3 is 0 Å². The fourth-order valence-electron chi connectivity index (χ4n) is 2.36. The van der Waals surface area contributed by atoms with E-state index < -0.39 is 6.10 Å². The highest BCUT2D eigenvalue weighted by molar-refractivity contribution is 6.18. The van der Waals surface area contributed by atoms with E-state index in [1.54, 1.807) is 18.2 Å². The summed E-state index contributed by atoms with van der Waals surface area (Å²) in [5.41, 5.74) is 2.69. The minimum Gasteiger partial charge on any atom is -0.390 e. The van der Waals surface area contributed by atoms with E-state index in [0.717, 1.165) is 11.0 Å². The van der Waals surface area contributed by atoms with Gasteiger partial charge in [-0.1, -0.05) is 24.3 Å². The topological polar surface area (TPSA) is 67.2 Å². The van der Waals surface area contributed by atoms with Crippen LogP contribution in [-0.2, 0) is 0 Å². The number of nitrogens with zero attached hydrogens (tertiary/aromatic N) is 2. The van der Waals surface area contributed by atoms with Gasteiger partial charge in [0.2, 0.25) is 0 Å². The fraction of sp³-hybridized carbons (Fsp3) is 0.176. The third-order valence-corrected chi connectivity index (χ3v) is 3.89. The van der Waals surface area contributed by atoms with Gasteiger partial charge < -0.3 is 10.4 Å². The van der Waals surface area contributed by atoms with Gasteiger partial charge in [0.15, 0.2) is 0 Å². The smallest absolute Gasteiger partial charge is 0.265 e. The molecule has 23 heavy (non-hydrogen) atoms. The van der Waals surface area contributed by atoms with Crippen molar-refractivity contribution in [2.24, 2.45) is 0 Å². The minimum atomic E-state index is -0.672. The summed E-state index contributed by atoms with van der Waals surface area (Å²) in [5.74, 6) is -0.0444. The van der Waals surface area contributed by atoms with Gasteiger partial charge in [-0.2, -0.15) is 0 Å². The number of para-hydroxylation sites is 3. The summed E-state index contributed by atoms with van der Waals surface area (Å²) in [6, 6.07) is 14.6. The fourth-order valence-corrected chi connectivity index (χ4v) is 2.47. The molecule has 1 atom stereocenters. The lowest BCUT2D eigenvalue weighted by molar-refractivity contribution is 0.0965. The van der Waals surface area contributed by atoms with E-state index in [4.69, 9.17) is 11.6 Å². The van der Waals surface area contributed by atoms with Crippen molar-refractivity contribution in [1.82, 2.24) is 9.55 Å². The van der Waals surface area contributed by atoms with Crippen LogP contribution in [0.3, 0.4) is 0 Å². The zero-order valence-corrected chi connectivity index (χ0v) is 13.1. The average Bonchev–Trinajstić information content (AvgIpc) is 3.03. The third kappa shape index (κ3) is 3.21. The van der Waals surface area contributed by atoms with Gasteiger partial charge in [-0.05, 0) is 24.3 Å². The van der Waals surface area contributed by atoms with Crippen molar-refractivity contribution >= 4 is 34.2 Å². The first-order chi connectivity index (χ1) is 11.2. The van der Waals surface area contributed by atoms with Crippen molar-refractivity contribution in [1.29, 1.82) is 0 Å². The first kappa shape index (κ1) is 15.5. The number of rotatable bonds is 5. The molecule has 3 aromatic rings. The van der Waals surface area contributed by atoms with Gasteiger partial charge in [0.1, 0.15) is 6.33 Å². The number of anilines is 1. The molecule has 118 valence electrons. The summed E-state index contributed by atoms with van der Waals surface area (Å²) >= 11 is 5.60. The Bertz CT molecular complexity index is 831. The number of hydrogen-bond donors (Lipinski definition) is 2. The number of aliphatic hydroxyl groups is 1. The van der Waals surface area contributed by atoms with E-state index in [1.807, 2.05) is 30.3 Å². The van der Waals surface area contributed by atoms with Crippen molar-refractivity contribution in [2.45, 2.75) is 6.10 Å². The summed E-state index contributed by atoms with van der Waals surface area (Å²) < 4.78 is 1.52. The van der Waals surface area contributed by atoms with E-state index in [0.29, 0.717) is 11.3 Å². The first-order valence-corrected chi connectivity index (χ1v) is 7.78. The number of aromatic nitrogens is 2. The second-order valence-corrected chi connectivity index (χ2v) is 5.45. The summed E-state index contributed by atoms with van der Waals surface area (Å²) in [6.45, 7) is 0.276. The van der Waals surface area contributed by atoms with Gasteiger partial charge in [0.25, 0.3) is 5.91 Å². The predicted molar refractivity (Wildman–Crippen MR) is 91.1 cm³/mol. The number of carbonyl (C=O) groups excluding carboxylic acids is 1. The standard InChI is InChI=1S/C17H16ClN3O2/c18-9-12(22)10-19-14-6-2-1-5-13(14)17(23)21-11-20-15-7-3-4-8-16(15)21/h1-8,11-12,19,22H,9-10H2. The molecule has 0 aliphatic rings. The summed E-state index contributed by atoms with van der Waals surface area (Å²) in [6.07, 6.45) is 0.853. The van der Waals surface area contributed by atoms with Gasteiger partial charge in [-0.15, -0.1) is 11.6 Å². The number of nitrogens with one attached hydrogen (secondary N) is 1. The molecular formula is C17H16ClN3O2. The molecule has 0 radical (unpaired) electrons. The quantitative estimate of drug-likeness (QED) is 0.706. The molecule has 0 bridgehead atoms. The van der Waals surface area contributed by atoms with Gasteiger partial charge in [-0.3, -0.25) is 9.36 Å². The van der Waals surface area contributed by atoms with Gasteiger partial charge in [-0.25, -0.2) is 4.98 Å². The highest BCUT2D eigenvalue weighted by Crippen LogP contribution is 2.20. The summed E-state index contributed by atoms with van der Waals surface area (Å²) in [7, 11) is 0. The highest BCUT2D eigenvalue weighted by Gasteiger charge is 2.16. The Morgan fingerprint density at radius 1 is 1.22 bits per heavy atom. The molecule has 2 N–H and O–H groups in total. The van der Waals surface area contributed by atoms with Crippen LogP contribution in [0.4, 0.5) is 5.69 Å². The van der Waals surface area contributed by atoms with Crippen LogP contribution in [-0.4, -0.2) is 39.1 Å². The minimum absolute atomic E-state index is 0.134. The molecular weight excluding hydrogens is 314 g/mol. The summed E-state index contributed by atoms with van der Waals surface area (Å²) in [4.78, 5) is 17.1. The number of aliphatic hydroxyl groups excluding tert-OH is 1. The Balaban J connectivity index is 1.93. The molecule has 3 rings (SSSR count). The Morgan fingerprint density at radius 3 is 2.78 bits per heavy atom. The van der Waals surface area contributed by atoms with Crippen LogP contribution in [0, 0.1) is 0 Å². The normalized spacial score (nSPS) is 12.3. The number of halogens is 1. The van der Waals surface area contributed by atoms with Crippen molar-refractivity contribution in [2.75, 3.05) is 17.7 Å². The van der Waals surface area contributed by atoms with Gasteiger partial charge in [0, 0.05) is 12.2 Å². The van der Waals surface area contributed by atoms with Crippen LogP contribution < -0.4 is 5.32 Å². The van der Waals surface area contributed by atoms with E-state index in [9.17, 15) is 9.90 Å². The number of fused-ring (bicyclic) bond motifs is 1. The van der Waals surface area contributed by atoms with E-state index in [-0.39, 0.29) is 18.3 Å². The number of hydrogen-bond acceptors (Lipinski definition) is 4. The average molecular weight is 330 g/mol. The number of benzene rings is 2. The predicted octanol–water partition coefficient (Wildman–Crippen LogP) is 2.74. The lowest BCUT2D eigenvalue weighted by Crippen LogP contribution is -2.22. The van der Waals surface area contributed by atoms with Crippen molar-refractivity contribution in [3.63, 3.8) is 0 Å². The molecule has 1 heterocycles. The number of imidazole rings is 1. The Labute approximate surface area is 138 Å². The zero-order chi connectivity index (χ0) is 16.2. The molecule has 1 aromatic heterocycles. The number of alkyl halides is 1.